The van der Waals surface area contributed by atoms with Gasteiger partial charge < -0.3 is 10.1 Å². The molecule has 0 aliphatic heterocycles. The molecule has 1 heterocycles. The van der Waals surface area contributed by atoms with Crippen LogP contribution >= 0.6 is 0 Å². The Kier molecular flexibility index (Phi) is 5.78. The van der Waals surface area contributed by atoms with Crippen molar-refractivity contribution in [3.8, 4) is 5.75 Å². The van der Waals surface area contributed by atoms with Crippen LogP contribution in [0.3, 0.4) is 0 Å². The highest BCUT2D eigenvalue weighted by molar-refractivity contribution is 6.24. The zero-order chi connectivity index (χ0) is 18.2. The van der Waals surface area contributed by atoms with Crippen LogP contribution in [0.15, 0.2) is 79.0 Å². The quantitative estimate of drug-likeness (QED) is 0.544. The van der Waals surface area contributed by atoms with Crippen molar-refractivity contribution in [2.75, 3.05) is 7.11 Å². The Morgan fingerprint density at radius 3 is 2.38 bits per heavy atom. The van der Waals surface area contributed by atoms with Crippen LogP contribution in [0.25, 0.3) is 11.6 Å². The Morgan fingerprint density at radius 1 is 1.00 bits per heavy atom. The zero-order valence-corrected chi connectivity index (χ0v) is 14.6. The molecule has 0 atom stereocenters. The van der Waals surface area contributed by atoms with Crippen LogP contribution in [0.4, 0.5) is 0 Å². The van der Waals surface area contributed by atoms with E-state index in [0.717, 1.165) is 22.6 Å². The Balaban J connectivity index is 1.85. The number of hydrogen-bond donors (Lipinski definition) is 1. The molecule has 4 nitrogen and oxygen atoms in total. The van der Waals surface area contributed by atoms with E-state index in [-0.39, 0.29) is 5.91 Å². The Hall–Kier alpha value is -3.40. The SMILES string of the molecule is COc1ccc(C=C(C(=O)NCc2ccccn2)c2ccccc2)cc1. The largest absolute Gasteiger partial charge is 0.497 e. The molecule has 3 rings (SSSR count). The van der Waals surface area contributed by atoms with Crippen molar-refractivity contribution in [1.82, 2.24) is 10.3 Å². The van der Waals surface area contributed by atoms with Gasteiger partial charge in [-0.05, 0) is 41.5 Å². The minimum Gasteiger partial charge on any atom is -0.497 e. The number of hydrogen-bond acceptors (Lipinski definition) is 3. The third kappa shape index (κ3) is 4.57. The fourth-order valence-electron chi connectivity index (χ4n) is 2.53. The molecule has 1 amide bonds. The van der Waals surface area contributed by atoms with Gasteiger partial charge >= 0.3 is 0 Å². The van der Waals surface area contributed by atoms with Crippen molar-refractivity contribution in [3.05, 3.63) is 95.8 Å². The number of nitrogens with one attached hydrogen (secondary N) is 1. The number of amides is 1. The van der Waals surface area contributed by atoms with Crippen molar-refractivity contribution >= 4 is 17.6 Å². The van der Waals surface area contributed by atoms with E-state index in [0.29, 0.717) is 12.1 Å². The zero-order valence-electron chi connectivity index (χ0n) is 14.6. The second-order valence-electron chi connectivity index (χ2n) is 5.70. The molecule has 3 aromatic rings. The molecule has 4 heteroatoms. The minimum atomic E-state index is -0.141. The molecule has 0 spiro atoms. The number of pyridine rings is 1. The van der Waals surface area contributed by atoms with Gasteiger partial charge in [0, 0.05) is 11.8 Å². The van der Waals surface area contributed by atoms with E-state index < -0.39 is 0 Å². The summed E-state index contributed by atoms with van der Waals surface area (Å²) in [5.41, 5.74) is 3.21. The number of benzene rings is 2. The van der Waals surface area contributed by atoms with Gasteiger partial charge in [0.1, 0.15) is 5.75 Å². The van der Waals surface area contributed by atoms with Crippen LogP contribution in [-0.2, 0) is 11.3 Å². The first kappa shape index (κ1) is 17.4. The topological polar surface area (TPSA) is 51.2 Å². The number of nitrogens with zero attached hydrogens (tertiary/aromatic N) is 1. The molecule has 0 fully saturated rings. The predicted octanol–water partition coefficient (Wildman–Crippen LogP) is 3.95. The summed E-state index contributed by atoms with van der Waals surface area (Å²) in [7, 11) is 1.63. The first-order chi connectivity index (χ1) is 12.8. The highest BCUT2D eigenvalue weighted by Crippen LogP contribution is 2.20. The van der Waals surface area contributed by atoms with Gasteiger partial charge in [0.2, 0.25) is 0 Å². The van der Waals surface area contributed by atoms with Crippen LogP contribution < -0.4 is 10.1 Å². The van der Waals surface area contributed by atoms with E-state index in [1.807, 2.05) is 78.9 Å². The van der Waals surface area contributed by atoms with Crippen LogP contribution in [0.5, 0.6) is 5.75 Å². The third-order valence-electron chi connectivity index (χ3n) is 3.91. The second kappa shape index (κ2) is 8.62. The van der Waals surface area contributed by atoms with Crippen LogP contribution in [0, 0.1) is 0 Å². The fourth-order valence-corrected chi connectivity index (χ4v) is 2.53. The molecule has 1 N–H and O–H groups in total. The monoisotopic (exact) mass is 344 g/mol. The normalized spacial score (nSPS) is 11.0. The van der Waals surface area contributed by atoms with E-state index in [9.17, 15) is 4.79 Å². The lowest BCUT2D eigenvalue weighted by Crippen LogP contribution is -2.24. The van der Waals surface area contributed by atoms with Gasteiger partial charge in [0.05, 0.1) is 19.3 Å². The number of aromatic nitrogens is 1. The van der Waals surface area contributed by atoms with E-state index in [1.165, 1.54) is 0 Å². The van der Waals surface area contributed by atoms with Gasteiger partial charge in [-0.2, -0.15) is 0 Å². The number of rotatable bonds is 6. The molecule has 0 unspecified atom stereocenters. The molecule has 130 valence electrons. The lowest BCUT2D eigenvalue weighted by molar-refractivity contribution is -0.115. The van der Waals surface area contributed by atoms with Crippen LogP contribution in [0.1, 0.15) is 16.8 Å². The molecule has 0 aliphatic carbocycles. The molecule has 0 bridgehead atoms. The van der Waals surface area contributed by atoms with Gasteiger partial charge in [-0.3, -0.25) is 9.78 Å². The Morgan fingerprint density at radius 2 is 1.73 bits per heavy atom. The molecule has 0 saturated carbocycles. The number of ether oxygens (including phenoxy) is 1. The number of methoxy groups -OCH3 is 1. The lowest BCUT2D eigenvalue weighted by atomic mass is 10.0. The molecule has 26 heavy (non-hydrogen) atoms. The molecule has 2 aromatic carbocycles. The summed E-state index contributed by atoms with van der Waals surface area (Å²) in [5.74, 6) is 0.640. The highest BCUT2D eigenvalue weighted by atomic mass is 16.5. The van der Waals surface area contributed by atoms with E-state index in [2.05, 4.69) is 10.3 Å². The van der Waals surface area contributed by atoms with Crippen molar-refractivity contribution < 1.29 is 9.53 Å². The average molecular weight is 344 g/mol. The van der Waals surface area contributed by atoms with Gasteiger partial charge in [-0.1, -0.05) is 48.5 Å². The molecular weight excluding hydrogens is 324 g/mol. The van der Waals surface area contributed by atoms with Gasteiger partial charge in [-0.25, -0.2) is 0 Å². The van der Waals surface area contributed by atoms with Crippen molar-refractivity contribution in [2.45, 2.75) is 6.54 Å². The summed E-state index contributed by atoms with van der Waals surface area (Å²) >= 11 is 0. The van der Waals surface area contributed by atoms with E-state index in [1.54, 1.807) is 13.3 Å². The molecule has 0 radical (unpaired) electrons. The molecule has 0 saturated heterocycles. The highest BCUT2D eigenvalue weighted by Gasteiger charge is 2.12. The average Bonchev–Trinajstić information content (AvgIpc) is 2.72. The Bertz CT molecular complexity index is 873. The van der Waals surface area contributed by atoms with Crippen molar-refractivity contribution in [1.29, 1.82) is 0 Å². The predicted molar refractivity (Wildman–Crippen MR) is 103 cm³/mol. The van der Waals surface area contributed by atoms with Gasteiger partial charge in [-0.15, -0.1) is 0 Å². The maximum Gasteiger partial charge on any atom is 0.252 e. The summed E-state index contributed by atoms with van der Waals surface area (Å²) in [6.07, 6.45) is 3.59. The van der Waals surface area contributed by atoms with Crippen molar-refractivity contribution in [3.63, 3.8) is 0 Å². The van der Waals surface area contributed by atoms with Gasteiger partial charge in [0.25, 0.3) is 5.91 Å². The van der Waals surface area contributed by atoms with Crippen LogP contribution in [0.2, 0.25) is 0 Å². The van der Waals surface area contributed by atoms with E-state index in [4.69, 9.17) is 4.74 Å². The Labute approximate surface area is 153 Å². The first-order valence-corrected chi connectivity index (χ1v) is 8.35. The standard InChI is InChI=1S/C22H20N2O2/c1-26-20-12-10-17(11-13-20)15-21(18-7-3-2-4-8-18)22(25)24-16-19-9-5-6-14-23-19/h2-15H,16H2,1H3,(H,24,25). The van der Waals surface area contributed by atoms with E-state index >= 15 is 0 Å². The summed E-state index contributed by atoms with van der Waals surface area (Å²) in [5, 5.41) is 2.95. The van der Waals surface area contributed by atoms with Gasteiger partial charge in [0.15, 0.2) is 0 Å². The first-order valence-electron chi connectivity index (χ1n) is 8.35. The number of carbonyl (C=O) groups is 1. The number of carbonyl (C=O) groups excluding carboxylic acids is 1. The molecule has 0 aliphatic rings. The second-order valence-corrected chi connectivity index (χ2v) is 5.70. The third-order valence-corrected chi connectivity index (χ3v) is 3.91. The molecular formula is C22H20N2O2. The van der Waals surface area contributed by atoms with Crippen LogP contribution in [-0.4, -0.2) is 18.0 Å². The summed E-state index contributed by atoms with van der Waals surface area (Å²) in [4.78, 5) is 17.1. The fraction of sp³-hybridized carbons (Fsp3) is 0.0909. The van der Waals surface area contributed by atoms with Crippen molar-refractivity contribution in [2.24, 2.45) is 0 Å². The lowest BCUT2D eigenvalue weighted by Gasteiger charge is -2.10. The smallest absolute Gasteiger partial charge is 0.252 e. The summed E-state index contributed by atoms with van der Waals surface area (Å²) in [6, 6.07) is 22.9. The summed E-state index contributed by atoms with van der Waals surface area (Å²) < 4.78 is 5.19. The molecule has 1 aromatic heterocycles. The maximum absolute atomic E-state index is 12.8. The minimum absolute atomic E-state index is 0.141. The maximum atomic E-state index is 12.8. The summed E-state index contributed by atoms with van der Waals surface area (Å²) in [6.45, 7) is 0.381.